The number of nitrogens with zero attached hydrogens (tertiary/aromatic N) is 1. The van der Waals surface area contributed by atoms with Gasteiger partial charge in [0.05, 0.1) is 17.9 Å². The van der Waals surface area contributed by atoms with Crippen molar-refractivity contribution in [1.29, 1.82) is 0 Å². The molecular formula is C30H32FN3O4S. The highest BCUT2D eigenvalue weighted by Crippen LogP contribution is 2.55. The molecule has 9 heteroatoms. The molecule has 7 nitrogen and oxygen atoms in total. The molecule has 2 N–H and O–H groups in total. The summed E-state index contributed by atoms with van der Waals surface area (Å²) in [5, 5.41) is 6.16. The Bertz CT molecular complexity index is 1310. The Morgan fingerprint density at radius 1 is 1.10 bits per heavy atom. The Morgan fingerprint density at radius 2 is 1.87 bits per heavy atom. The number of hydrogen-bond acceptors (Lipinski definition) is 5. The van der Waals surface area contributed by atoms with Gasteiger partial charge in [0, 0.05) is 23.2 Å². The topological polar surface area (TPSA) is 87.7 Å². The minimum Gasteiger partial charge on any atom is -0.359 e. The van der Waals surface area contributed by atoms with Crippen molar-refractivity contribution < 1.29 is 23.5 Å². The quantitative estimate of drug-likeness (QED) is 0.398. The summed E-state index contributed by atoms with van der Waals surface area (Å²) in [6.07, 6.45) is 10.1. The van der Waals surface area contributed by atoms with E-state index in [-0.39, 0.29) is 36.1 Å². The SMILES string of the molecule is CSc1cccc(NC(=O)C2C3C=CC4(O3)C2C(=O)N(Cc2ccc(F)cc2)C4C(=O)NC2CCCCC2)c1. The van der Waals surface area contributed by atoms with E-state index in [1.807, 2.05) is 42.7 Å². The largest absolute Gasteiger partial charge is 0.359 e. The van der Waals surface area contributed by atoms with E-state index in [0.717, 1.165) is 37.0 Å². The maximum absolute atomic E-state index is 14.1. The van der Waals surface area contributed by atoms with E-state index >= 15 is 0 Å². The van der Waals surface area contributed by atoms with Crippen molar-refractivity contribution >= 4 is 35.2 Å². The number of hydrogen-bond donors (Lipinski definition) is 2. The third-order valence-corrected chi connectivity index (χ3v) is 9.21. The van der Waals surface area contributed by atoms with Gasteiger partial charge in [-0.15, -0.1) is 11.8 Å². The number of ether oxygens (including phenoxy) is 1. The molecule has 1 saturated carbocycles. The van der Waals surface area contributed by atoms with Gasteiger partial charge in [0.2, 0.25) is 17.7 Å². The smallest absolute Gasteiger partial charge is 0.246 e. The average molecular weight is 550 g/mol. The summed E-state index contributed by atoms with van der Waals surface area (Å²) in [4.78, 5) is 44.2. The van der Waals surface area contributed by atoms with Gasteiger partial charge in [0.15, 0.2) is 0 Å². The molecule has 4 aliphatic rings. The molecule has 3 aliphatic heterocycles. The summed E-state index contributed by atoms with van der Waals surface area (Å²) in [5.41, 5.74) is 0.113. The molecule has 2 aromatic rings. The normalized spacial score (nSPS) is 29.5. The van der Waals surface area contributed by atoms with Gasteiger partial charge in [-0.1, -0.05) is 49.6 Å². The van der Waals surface area contributed by atoms with Gasteiger partial charge in [0.1, 0.15) is 17.5 Å². The van der Waals surface area contributed by atoms with Gasteiger partial charge in [-0.25, -0.2) is 4.39 Å². The lowest BCUT2D eigenvalue weighted by Gasteiger charge is -2.34. The van der Waals surface area contributed by atoms with Crippen LogP contribution in [0.3, 0.4) is 0 Å². The number of carbonyl (C=O) groups is 3. The predicted molar refractivity (Wildman–Crippen MR) is 146 cm³/mol. The highest BCUT2D eigenvalue weighted by atomic mass is 32.2. The van der Waals surface area contributed by atoms with Crippen molar-refractivity contribution in [2.45, 2.75) is 67.3 Å². The third-order valence-electron chi connectivity index (χ3n) is 8.48. The Balaban J connectivity index is 1.32. The molecule has 0 radical (unpaired) electrons. The average Bonchev–Trinajstić information content (AvgIpc) is 3.58. The van der Waals surface area contributed by atoms with Crippen molar-refractivity contribution in [2.24, 2.45) is 11.8 Å². The van der Waals surface area contributed by atoms with Crippen LogP contribution in [0.1, 0.15) is 37.7 Å². The molecule has 2 bridgehead atoms. The van der Waals surface area contributed by atoms with Crippen LogP contribution in [0.25, 0.3) is 0 Å². The van der Waals surface area contributed by atoms with Crippen LogP contribution in [0.5, 0.6) is 0 Å². The molecule has 204 valence electrons. The summed E-state index contributed by atoms with van der Waals surface area (Å²) in [7, 11) is 0. The minimum absolute atomic E-state index is 0.0508. The van der Waals surface area contributed by atoms with Crippen LogP contribution in [0, 0.1) is 17.7 Å². The maximum Gasteiger partial charge on any atom is 0.246 e. The van der Waals surface area contributed by atoms with Crippen LogP contribution in [0.2, 0.25) is 0 Å². The van der Waals surface area contributed by atoms with Gasteiger partial charge in [-0.3, -0.25) is 14.4 Å². The number of fused-ring (bicyclic) bond motifs is 1. The van der Waals surface area contributed by atoms with Gasteiger partial charge in [-0.2, -0.15) is 0 Å². The highest BCUT2D eigenvalue weighted by molar-refractivity contribution is 7.98. The molecule has 3 heterocycles. The highest BCUT2D eigenvalue weighted by Gasteiger charge is 2.72. The van der Waals surface area contributed by atoms with E-state index in [2.05, 4.69) is 10.6 Å². The molecule has 2 aromatic carbocycles. The van der Waals surface area contributed by atoms with E-state index < -0.39 is 29.6 Å². The zero-order valence-corrected chi connectivity index (χ0v) is 22.6. The molecule has 5 atom stereocenters. The monoisotopic (exact) mass is 549 g/mol. The van der Waals surface area contributed by atoms with Gasteiger partial charge in [0.25, 0.3) is 0 Å². The molecular weight excluding hydrogens is 517 g/mol. The molecule has 3 amide bonds. The molecule has 1 spiro atoms. The van der Waals surface area contributed by atoms with Crippen LogP contribution < -0.4 is 10.6 Å². The first-order valence-corrected chi connectivity index (χ1v) is 14.8. The van der Waals surface area contributed by atoms with Crippen molar-refractivity contribution in [2.75, 3.05) is 11.6 Å². The number of amides is 3. The second-order valence-electron chi connectivity index (χ2n) is 10.9. The second-order valence-corrected chi connectivity index (χ2v) is 11.7. The van der Waals surface area contributed by atoms with Crippen LogP contribution in [-0.2, 0) is 25.7 Å². The Labute approximate surface area is 231 Å². The maximum atomic E-state index is 14.1. The minimum atomic E-state index is -1.23. The molecule has 5 unspecified atom stereocenters. The Hall–Kier alpha value is -3.17. The number of halogens is 1. The van der Waals surface area contributed by atoms with Crippen LogP contribution in [-0.4, -0.2) is 52.7 Å². The number of likely N-dealkylation sites (tertiary alicyclic amines) is 1. The molecule has 2 saturated heterocycles. The summed E-state index contributed by atoms with van der Waals surface area (Å²) in [5.74, 6) is -2.85. The lowest BCUT2D eigenvalue weighted by atomic mass is 9.74. The van der Waals surface area contributed by atoms with Crippen LogP contribution >= 0.6 is 11.8 Å². The third kappa shape index (κ3) is 4.65. The van der Waals surface area contributed by atoms with Gasteiger partial charge < -0.3 is 20.3 Å². The zero-order chi connectivity index (χ0) is 27.1. The first kappa shape index (κ1) is 26.1. The van der Waals surface area contributed by atoms with Crippen molar-refractivity contribution in [1.82, 2.24) is 10.2 Å². The Kier molecular flexibility index (Phi) is 6.97. The first-order valence-electron chi connectivity index (χ1n) is 13.6. The molecule has 0 aromatic heterocycles. The van der Waals surface area contributed by atoms with E-state index in [4.69, 9.17) is 4.74 Å². The van der Waals surface area contributed by atoms with Crippen molar-refractivity contribution in [3.63, 3.8) is 0 Å². The number of thioether (sulfide) groups is 1. The molecule has 3 fully saturated rings. The number of benzene rings is 2. The lowest BCUT2D eigenvalue weighted by molar-refractivity contribution is -0.142. The van der Waals surface area contributed by atoms with Crippen molar-refractivity contribution in [3.8, 4) is 0 Å². The van der Waals surface area contributed by atoms with Gasteiger partial charge in [-0.05, 0) is 55.0 Å². The standard InChI is InChI=1S/C30H32FN3O4S/c1-39-22-9-5-8-21(16-22)33-27(35)24-23-14-15-30(38-23)25(24)29(37)34(17-18-10-12-19(31)13-11-18)26(30)28(36)32-20-6-3-2-4-7-20/h5,8-16,20,23-26H,2-4,6-7,17H2,1H3,(H,32,36)(H,33,35). The van der Waals surface area contributed by atoms with E-state index in [0.29, 0.717) is 11.3 Å². The van der Waals surface area contributed by atoms with Crippen molar-refractivity contribution in [3.05, 3.63) is 72.1 Å². The molecule has 6 rings (SSSR count). The summed E-state index contributed by atoms with van der Waals surface area (Å²) < 4.78 is 20.0. The molecule has 39 heavy (non-hydrogen) atoms. The molecule has 1 aliphatic carbocycles. The zero-order valence-electron chi connectivity index (χ0n) is 21.8. The summed E-state index contributed by atoms with van der Waals surface area (Å²) in [6.45, 7) is 0.117. The lowest BCUT2D eigenvalue weighted by Crippen LogP contribution is -2.56. The fourth-order valence-electron chi connectivity index (χ4n) is 6.68. The van der Waals surface area contributed by atoms with E-state index in [9.17, 15) is 18.8 Å². The van der Waals surface area contributed by atoms with Crippen LogP contribution in [0.4, 0.5) is 10.1 Å². The number of carbonyl (C=O) groups excluding carboxylic acids is 3. The van der Waals surface area contributed by atoms with E-state index in [1.165, 1.54) is 17.0 Å². The Morgan fingerprint density at radius 3 is 2.62 bits per heavy atom. The fourth-order valence-corrected chi connectivity index (χ4v) is 7.14. The number of rotatable bonds is 7. The summed E-state index contributed by atoms with van der Waals surface area (Å²) >= 11 is 1.57. The number of anilines is 1. The first-order chi connectivity index (χ1) is 18.9. The number of nitrogens with one attached hydrogen (secondary N) is 2. The van der Waals surface area contributed by atoms with E-state index in [1.54, 1.807) is 23.9 Å². The summed E-state index contributed by atoms with van der Waals surface area (Å²) in [6, 6.07) is 12.6. The van der Waals surface area contributed by atoms with Gasteiger partial charge >= 0.3 is 0 Å². The second kappa shape index (κ2) is 10.4. The predicted octanol–water partition coefficient (Wildman–Crippen LogP) is 4.29. The fraction of sp³-hybridized carbons (Fsp3) is 0.433. The van der Waals surface area contributed by atoms with Crippen LogP contribution in [0.15, 0.2) is 65.6 Å².